The molecule has 1 aromatic rings. The number of benzene rings is 1. The van der Waals surface area contributed by atoms with Crippen LogP contribution in [0.2, 0.25) is 5.02 Å². The predicted molar refractivity (Wildman–Crippen MR) is 85.2 cm³/mol. The average molecular weight is 284 g/mol. The molecule has 0 aromatic heterocycles. The summed E-state index contributed by atoms with van der Waals surface area (Å²) in [5.41, 5.74) is 1.13. The molecule has 0 spiro atoms. The summed E-state index contributed by atoms with van der Waals surface area (Å²) in [6, 6.07) is 8.43. The third-order valence-electron chi connectivity index (χ3n) is 3.23. The largest absolute Gasteiger partial charge is 0.384 e. The molecule has 1 rings (SSSR count). The summed E-state index contributed by atoms with van der Waals surface area (Å²) in [5.74, 6) is 0. The average Bonchev–Trinajstić information content (AvgIpc) is 2.36. The maximum absolute atomic E-state index is 5.87. The van der Waals surface area contributed by atoms with Crippen LogP contribution in [0.3, 0.4) is 0 Å². The lowest BCUT2D eigenvalue weighted by atomic mass is 10.2. The van der Waals surface area contributed by atoms with Crippen molar-refractivity contribution >= 4 is 17.3 Å². The quantitative estimate of drug-likeness (QED) is 0.791. The Hall–Kier alpha value is -0.770. The van der Waals surface area contributed by atoms with Gasteiger partial charge in [0.1, 0.15) is 0 Å². The lowest BCUT2D eigenvalue weighted by Gasteiger charge is -2.30. The molecule has 0 amide bonds. The number of nitrogens with zero attached hydrogens (tertiary/aromatic N) is 2. The number of anilines is 1. The van der Waals surface area contributed by atoms with Crippen LogP contribution in [0, 0.1) is 0 Å². The molecule has 0 aliphatic rings. The Labute approximate surface area is 122 Å². The summed E-state index contributed by atoms with van der Waals surface area (Å²) in [5, 5.41) is 4.21. The Kier molecular flexibility index (Phi) is 7.21. The highest BCUT2D eigenvalue weighted by Gasteiger charge is 2.11. The molecule has 3 nitrogen and oxygen atoms in total. The summed E-state index contributed by atoms with van der Waals surface area (Å²) in [7, 11) is 4.24. The minimum Gasteiger partial charge on any atom is -0.384 e. The van der Waals surface area contributed by atoms with E-state index in [2.05, 4.69) is 43.1 Å². The Morgan fingerprint density at radius 3 is 2.37 bits per heavy atom. The molecule has 0 aliphatic carbocycles. The van der Waals surface area contributed by atoms with Crippen LogP contribution in [0.25, 0.3) is 0 Å². The van der Waals surface area contributed by atoms with Crippen molar-refractivity contribution in [2.24, 2.45) is 0 Å². The van der Waals surface area contributed by atoms with E-state index >= 15 is 0 Å². The van der Waals surface area contributed by atoms with E-state index in [9.17, 15) is 0 Å². The highest BCUT2D eigenvalue weighted by molar-refractivity contribution is 6.30. The zero-order valence-electron chi connectivity index (χ0n) is 12.5. The number of likely N-dealkylation sites (N-methyl/N-ethyl adjacent to an activating group) is 2. The van der Waals surface area contributed by atoms with Gasteiger partial charge in [-0.2, -0.15) is 0 Å². The lowest BCUT2D eigenvalue weighted by molar-refractivity contribution is 0.188. The second-order valence-electron chi connectivity index (χ2n) is 5.17. The van der Waals surface area contributed by atoms with Crippen LogP contribution < -0.4 is 5.32 Å². The molecule has 1 unspecified atom stereocenters. The van der Waals surface area contributed by atoms with E-state index in [1.54, 1.807) is 0 Å². The van der Waals surface area contributed by atoms with Crippen molar-refractivity contribution in [2.75, 3.05) is 45.6 Å². The van der Waals surface area contributed by atoms with Gasteiger partial charge in [0.15, 0.2) is 0 Å². The molecule has 0 radical (unpaired) electrons. The van der Waals surface area contributed by atoms with Gasteiger partial charge in [0.25, 0.3) is 0 Å². The van der Waals surface area contributed by atoms with Gasteiger partial charge in [-0.05, 0) is 51.8 Å². The molecule has 0 fully saturated rings. The fraction of sp³-hybridized carbons (Fsp3) is 0.600. The molecule has 108 valence electrons. The molecular weight excluding hydrogens is 258 g/mol. The fourth-order valence-corrected chi connectivity index (χ4v) is 2.37. The monoisotopic (exact) mass is 283 g/mol. The highest BCUT2D eigenvalue weighted by atomic mass is 35.5. The van der Waals surface area contributed by atoms with Gasteiger partial charge in [-0.1, -0.05) is 18.5 Å². The first kappa shape index (κ1) is 16.3. The van der Waals surface area contributed by atoms with E-state index in [-0.39, 0.29) is 0 Å². The van der Waals surface area contributed by atoms with Gasteiger partial charge in [-0.25, -0.2) is 0 Å². The molecule has 1 N–H and O–H groups in total. The second-order valence-corrected chi connectivity index (χ2v) is 5.61. The molecule has 1 atom stereocenters. The minimum absolute atomic E-state index is 0.576. The normalized spacial score (nSPS) is 13.0. The van der Waals surface area contributed by atoms with E-state index in [1.807, 2.05) is 24.3 Å². The van der Waals surface area contributed by atoms with Gasteiger partial charge in [0, 0.05) is 36.4 Å². The smallest absolute Gasteiger partial charge is 0.0407 e. The number of hydrogen-bond acceptors (Lipinski definition) is 3. The first-order valence-electron chi connectivity index (χ1n) is 6.91. The molecule has 4 heteroatoms. The molecule has 0 aliphatic heterocycles. The van der Waals surface area contributed by atoms with Crippen molar-refractivity contribution in [1.29, 1.82) is 0 Å². The maximum Gasteiger partial charge on any atom is 0.0407 e. The Morgan fingerprint density at radius 2 is 1.84 bits per heavy atom. The Balaban J connectivity index is 2.35. The van der Waals surface area contributed by atoms with Crippen LogP contribution in [0.5, 0.6) is 0 Å². The zero-order chi connectivity index (χ0) is 14.3. The van der Waals surface area contributed by atoms with Crippen molar-refractivity contribution in [3.05, 3.63) is 29.3 Å². The topological polar surface area (TPSA) is 18.5 Å². The summed E-state index contributed by atoms with van der Waals surface area (Å²) in [6.07, 6.45) is 0. The second kappa shape index (κ2) is 8.41. The SMILES string of the molecule is CCN(CCNc1ccc(Cl)cc1)C(C)CN(C)C. The maximum atomic E-state index is 5.87. The molecule has 0 saturated carbocycles. The van der Waals surface area contributed by atoms with Crippen molar-refractivity contribution in [3.63, 3.8) is 0 Å². The standard InChI is InChI=1S/C15H26ClN3/c1-5-19(13(2)12-18(3)4)11-10-17-15-8-6-14(16)7-9-15/h6-9,13,17H,5,10-12H2,1-4H3. The van der Waals surface area contributed by atoms with Crippen molar-refractivity contribution in [3.8, 4) is 0 Å². The third kappa shape index (κ3) is 6.28. The summed E-state index contributed by atoms with van der Waals surface area (Å²) in [4.78, 5) is 4.73. The van der Waals surface area contributed by atoms with Gasteiger partial charge in [-0.3, -0.25) is 4.90 Å². The molecule has 0 bridgehead atoms. The number of hydrogen-bond donors (Lipinski definition) is 1. The van der Waals surface area contributed by atoms with E-state index in [0.29, 0.717) is 6.04 Å². The highest BCUT2D eigenvalue weighted by Crippen LogP contribution is 2.13. The summed E-state index contributed by atoms with van der Waals surface area (Å²) < 4.78 is 0. The molecule has 19 heavy (non-hydrogen) atoms. The van der Waals surface area contributed by atoms with E-state index in [1.165, 1.54) is 0 Å². The number of rotatable bonds is 8. The van der Waals surface area contributed by atoms with Crippen LogP contribution in [0.4, 0.5) is 5.69 Å². The molecule has 1 aromatic carbocycles. The third-order valence-corrected chi connectivity index (χ3v) is 3.48. The Morgan fingerprint density at radius 1 is 1.21 bits per heavy atom. The van der Waals surface area contributed by atoms with Gasteiger partial charge < -0.3 is 10.2 Å². The summed E-state index contributed by atoms with van der Waals surface area (Å²) >= 11 is 5.87. The van der Waals surface area contributed by atoms with Crippen LogP contribution >= 0.6 is 11.6 Å². The fourth-order valence-electron chi connectivity index (χ4n) is 2.25. The van der Waals surface area contributed by atoms with Crippen LogP contribution in [-0.4, -0.2) is 56.1 Å². The van der Waals surface area contributed by atoms with Gasteiger partial charge in [0.05, 0.1) is 0 Å². The molecular formula is C15H26ClN3. The first-order valence-corrected chi connectivity index (χ1v) is 7.29. The van der Waals surface area contributed by atoms with Gasteiger partial charge in [0.2, 0.25) is 0 Å². The van der Waals surface area contributed by atoms with E-state index in [0.717, 1.165) is 36.9 Å². The molecule has 0 heterocycles. The number of halogens is 1. The molecule has 0 saturated heterocycles. The van der Waals surface area contributed by atoms with Crippen LogP contribution in [-0.2, 0) is 0 Å². The van der Waals surface area contributed by atoms with Crippen LogP contribution in [0.15, 0.2) is 24.3 Å². The van der Waals surface area contributed by atoms with Gasteiger partial charge >= 0.3 is 0 Å². The van der Waals surface area contributed by atoms with E-state index < -0.39 is 0 Å². The van der Waals surface area contributed by atoms with Crippen LogP contribution in [0.1, 0.15) is 13.8 Å². The van der Waals surface area contributed by atoms with Crippen molar-refractivity contribution < 1.29 is 0 Å². The van der Waals surface area contributed by atoms with Gasteiger partial charge in [-0.15, -0.1) is 0 Å². The van der Waals surface area contributed by atoms with Crippen molar-refractivity contribution in [2.45, 2.75) is 19.9 Å². The van der Waals surface area contributed by atoms with E-state index in [4.69, 9.17) is 11.6 Å². The zero-order valence-corrected chi connectivity index (χ0v) is 13.2. The predicted octanol–water partition coefficient (Wildman–Crippen LogP) is 3.02. The number of nitrogens with one attached hydrogen (secondary N) is 1. The summed E-state index contributed by atoms with van der Waals surface area (Å²) in [6.45, 7) is 8.67. The minimum atomic E-state index is 0.576. The van der Waals surface area contributed by atoms with Crippen molar-refractivity contribution in [1.82, 2.24) is 9.80 Å². The lowest BCUT2D eigenvalue weighted by Crippen LogP contribution is -2.42. The Bertz CT molecular complexity index is 351. The first-order chi connectivity index (χ1) is 9.02.